The molecule has 2 N–H and O–H groups in total. The van der Waals surface area contributed by atoms with Crippen molar-refractivity contribution in [3.05, 3.63) is 29.3 Å². The molecule has 1 saturated carbocycles. The molecular formula is C15H18ClNO3S. The molecule has 0 radical (unpaired) electrons. The van der Waals surface area contributed by atoms with E-state index in [-0.39, 0.29) is 5.91 Å². The van der Waals surface area contributed by atoms with Crippen molar-refractivity contribution < 1.29 is 14.7 Å². The summed E-state index contributed by atoms with van der Waals surface area (Å²) >= 11 is 7.35. The van der Waals surface area contributed by atoms with Crippen molar-refractivity contribution in [2.24, 2.45) is 5.92 Å². The molecule has 0 aromatic heterocycles. The molecular weight excluding hydrogens is 310 g/mol. The molecule has 0 aliphatic heterocycles. The molecule has 1 aliphatic carbocycles. The highest BCUT2D eigenvalue weighted by Gasteiger charge is 2.29. The van der Waals surface area contributed by atoms with E-state index in [1.54, 1.807) is 23.9 Å². The number of hydrogen-bond donors (Lipinski definition) is 2. The number of halogens is 1. The van der Waals surface area contributed by atoms with Crippen molar-refractivity contribution in [1.29, 1.82) is 0 Å². The Labute approximate surface area is 133 Å². The second kappa shape index (κ2) is 7.71. The maximum absolute atomic E-state index is 11.8. The topological polar surface area (TPSA) is 66.4 Å². The molecule has 21 heavy (non-hydrogen) atoms. The fourth-order valence-corrected chi connectivity index (χ4v) is 2.94. The third kappa shape index (κ3) is 5.98. The van der Waals surface area contributed by atoms with Gasteiger partial charge in [-0.15, -0.1) is 11.8 Å². The highest BCUT2D eigenvalue weighted by molar-refractivity contribution is 7.99. The Morgan fingerprint density at radius 1 is 1.33 bits per heavy atom. The van der Waals surface area contributed by atoms with E-state index >= 15 is 0 Å². The monoisotopic (exact) mass is 327 g/mol. The molecule has 0 heterocycles. The van der Waals surface area contributed by atoms with Gasteiger partial charge in [0, 0.05) is 22.1 Å². The Kier molecular flexibility index (Phi) is 5.94. The van der Waals surface area contributed by atoms with Gasteiger partial charge in [0.1, 0.15) is 6.04 Å². The van der Waals surface area contributed by atoms with E-state index in [4.69, 9.17) is 16.7 Å². The van der Waals surface area contributed by atoms with Crippen LogP contribution in [0.3, 0.4) is 0 Å². The number of rotatable bonds is 8. The second-order valence-electron chi connectivity index (χ2n) is 5.19. The number of hydrogen-bond acceptors (Lipinski definition) is 3. The average molecular weight is 328 g/mol. The van der Waals surface area contributed by atoms with E-state index in [0.29, 0.717) is 29.5 Å². The normalized spacial score (nSPS) is 15.5. The third-order valence-electron chi connectivity index (χ3n) is 3.31. The van der Waals surface area contributed by atoms with Gasteiger partial charge in [-0.05, 0) is 36.6 Å². The van der Waals surface area contributed by atoms with E-state index in [2.05, 4.69) is 5.32 Å². The molecule has 6 heteroatoms. The molecule has 0 saturated heterocycles. The minimum atomic E-state index is -0.944. The standard InChI is InChI=1S/C15H18ClNO3S/c16-11-3-5-12(6-4-11)21-8-7-14(18)17-13(15(19)20)9-10-1-2-10/h3-6,10,13H,1-2,7-9H2,(H,17,18)(H,19,20). The average Bonchev–Trinajstić information content (AvgIpc) is 3.24. The molecule has 1 aromatic carbocycles. The van der Waals surface area contributed by atoms with Crippen LogP contribution < -0.4 is 5.32 Å². The van der Waals surface area contributed by atoms with Gasteiger partial charge in [-0.2, -0.15) is 0 Å². The predicted molar refractivity (Wildman–Crippen MR) is 83.7 cm³/mol. The zero-order chi connectivity index (χ0) is 15.2. The van der Waals surface area contributed by atoms with Gasteiger partial charge in [0.05, 0.1) is 0 Å². The lowest BCUT2D eigenvalue weighted by Gasteiger charge is -2.13. The van der Waals surface area contributed by atoms with Gasteiger partial charge in [0.15, 0.2) is 0 Å². The summed E-state index contributed by atoms with van der Waals surface area (Å²) in [7, 11) is 0. The first-order valence-electron chi connectivity index (χ1n) is 6.95. The molecule has 4 nitrogen and oxygen atoms in total. The fraction of sp³-hybridized carbons (Fsp3) is 0.467. The van der Waals surface area contributed by atoms with Crippen molar-refractivity contribution in [2.45, 2.75) is 36.6 Å². The van der Waals surface area contributed by atoms with Crippen molar-refractivity contribution in [3.63, 3.8) is 0 Å². The molecule has 2 rings (SSSR count). The number of nitrogens with one attached hydrogen (secondary N) is 1. The Bertz CT molecular complexity index is 502. The van der Waals surface area contributed by atoms with E-state index in [0.717, 1.165) is 17.7 Å². The minimum absolute atomic E-state index is 0.204. The lowest BCUT2D eigenvalue weighted by Crippen LogP contribution is -2.41. The summed E-state index contributed by atoms with van der Waals surface area (Å²) in [5.41, 5.74) is 0. The Hall–Kier alpha value is -1.20. The summed E-state index contributed by atoms with van der Waals surface area (Å²) in [6.07, 6.45) is 3.01. The van der Waals surface area contributed by atoms with Gasteiger partial charge in [0.2, 0.25) is 5.91 Å². The fourth-order valence-electron chi connectivity index (χ4n) is 1.97. The van der Waals surface area contributed by atoms with E-state index in [9.17, 15) is 9.59 Å². The van der Waals surface area contributed by atoms with Crippen LogP contribution in [-0.4, -0.2) is 28.8 Å². The molecule has 114 valence electrons. The minimum Gasteiger partial charge on any atom is -0.480 e. The summed E-state index contributed by atoms with van der Waals surface area (Å²) in [6, 6.07) is 6.67. The lowest BCUT2D eigenvalue weighted by molar-refractivity contribution is -0.142. The predicted octanol–water partition coefficient (Wildman–Crippen LogP) is 3.19. The first-order chi connectivity index (χ1) is 10.0. The van der Waals surface area contributed by atoms with E-state index < -0.39 is 12.0 Å². The summed E-state index contributed by atoms with van der Waals surface area (Å²) < 4.78 is 0. The largest absolute Gasteiger partial charge is 0.480 e. The van der Waals surface area contributed by atoms with Crippen molar-refractivity contribution >= 4 is 35.2 Å². The zero-order valence-electron chi connectivity index (χ0n) is 11.5. The van der Waals surface area contributed by atoms with Gasteiger partial charge in [0.25, 0.3) is 0 Å². The lowest BCUT2D eigenvalue weighted by atomic mass is 10.1. The molecule has 1 aliphatic rings. The molecule has 1 fully saturated rings. The number of carboxylic acids is 1. The number of thioether (sulfide) groups is 1. The van der Waals surface area contributed by atoms with Gasteiger partial charge in [-0.3, -0.25) is 4.79 Å². The molecule has 1 unspecified atom stereocenters. The molecule has 0 bridgehead atoms. The van der Waals surface area contributed by atoms with Gasteiger partial charge < -0.3 is 10.4 Å². The number of benzene rings is 1. The number of aliphatic carboxylic acids is 1. The maximum Gasteiger partial charge on any atom is 0.326 e. The Morgan fingerprint density at radius 2 is 2.00 bits per heavy atom. The number of carbonyl (C=O) groups is 2. The van der Waals surface area contributed by atoms with Crippen LogP contribution >= 0.6 is 23.4 Å². The van der Waals surface area contributed by atoms with E-state index in [1.807, 2.05) is 12.1 Å². The summed E-state index contributed by atoms with van der Waals surface area (Å²) in [5, 5.41) is 12.4. The first-order valence-corrected chi connectivity index (χ1v) is 8.31. The zero-order valence-corrected chi connectivity index (χ0v) is 13.1. The van der Waals surface area contributed by atoms with Crippen LogP contribution in [0.2, 0.25) is 5.02 Å². The van der Waals surface area contributed by atoms with Crippen LogP contribution in [0, 0.1) is 5.92 Å². The highest BCUT2D eigenvalue weighted by atomic mass is 35.5. The summed E-state index contributed by atoms with van der Waals surface area (Å²) in [5.74, 6) is -0.0663. The summed E-state index contributed by atoms with van der Waals surface area (Å²) in [6.45, 7) is 0. The number of carbonyl (C=O) groups excluding carboxylic acids is 1. The molecule has 1 atom stereocenters. The van der Waals surface area contributed by atoms with Crippen molar-refractivity contribution in [2.75, 3.05) is 5.75 Å². The molecule has 1 amide bonds. The third-order valence-corrected chi connectivity index (χ3v) is 4.58. The van der Waals surface area contributed by atoms with Crippen LogP contribution in [0.4, 0.5) is 0 Å². The van der Waals surface area contributed by atoms with Gasteiger partial charge >= 0.3 is 5.97 Å². The quantitative estimate of drug-likeness (QED) is 0.720. The van der Waals surface area contributed by atoms with Gasteiger partial charge in [-0.1, -0.05) is 24.4 Å². The highest BCUT2D eigenvalue weighted by Crippen LogP contribution is 2.33. The van der Waals surface area contributed by atoms with Crippen LogP contribution in [0.5, 0.6) is 0 Å². The summed E-state index contributed by atoms with van der Waals surface area (Å²) in [4.78, 5) is 23.9. The second-order valence-corrected chi connectivity index (χ2v) is 6.79. The van der Waals surface area contributed by atoms with Crippen LogP contribution in [0.15, 0.2) is 29.2 Å². The number of amides is 1. The van der Waals surface area contributed by atoms with Crippen LogP contribution in [0.1, 0.15) is 25.7 Å². The Balaban J connectivity index is 1.70. The van der Waals surface area contributed by atoms with Gasteiger partial charge in [-0.25, -0.2) is 4.79 Å². The van der Waals surface area contributed by atoms with Crippen LogP contribution in [0.25, 0.3) is 0 Å². The first kappa shape index (κ1) is 16.2. The van der Waals surface area contributed by atoms with Crippen LogP contribution in [-0.2, 0) is 9.59 Å². The smallest absolute Gasteiger partial charge is 0.326 e. The number of carboxylic acid groups (broad SMARTS) is 1. The van der Waals surface area contributed by atoms with E-state index in [1.165, 1.54) is 0 Å². The maximum atomic E-state index is 11.8. The van der Waals surface area contributed by atoms with Crippen molar-refractivity contribution in [3.8, 4) is 0 Å². The molecule has 0 spiro atoms. The van der Waals surface area contributed by atoms with Crippen molar-refractivity contribution in [1.82, 2.24) is 5.32 Å². The molecule has 1 aromatic rings. The Morgan fingerprint density at radius 3 is 2.57 bits per heavy atom. The SMILES string of the molecule is O=C(CCSc1ccc(Cl)cc1)NC(CC1CC1)C(=O)O.